The first-order valence-electron chi connectivity index (χ1n) is 7.54. The van der Waals surface area contributed by atoms with Gasteiger partial charge in [-0.15, -0.1) is 0 Å². The van der Waals surface area contributed by atoms with Gasteiger partial charge in [0.2, 0.25) is 5.91 Å². The quantitative estimate of drug-likeness (QED) is 0.938. The Morgan fingerprint density at radius 1 is 1.33 bits per heavy atom. The molecule has 0 spiro atoms. The number of carbonyl (C=O) groups is 1. The summed E-state index contributed by atoms with van der Waals surface area (Å²) in [4.78, 5) is 13.8. The highest BCUT2D eigenvalue weighted by Crippen LogP contribution is 2.33. The molecule has 0 aromatic heterocycles. The lowest BCUT2D eigenvalue weighted by molar-refractivity contribution is -0.137. The fraction of sp³-hybridized carbons (Fsp3) is 0.278. The maximum absolute atomic E-state index is 12.9. The highest BCUT2D eigenvalue weighted by Gasteiger charge is 2.33. The van der Waals surface area contributed by atoms with Crippen LogP contribution in [-0.2, 0) is 23.9 Å². The van der Waals surface area contributed by atoms with Crippen molar-refractivity contribution in [1.82, 2.24) is 4.90 Å². The van der Waals surface area contributed by atoms with Crippen LogP contribution in [0.15, 0.2) is 42.5 Å². The number of halogens is 3. The summed E-state index contributed by atoms with van der Waals surface area (Å²) in [6, 6.07) is 12.8. The lowest BCUT2D eigenvalue weighted by Crippen LogP contribution is -2.42. The summed E-state index contributed by atoms with van der Waals surface area (Å²) in [6.45, 7) is 0.782. The summed E-state index contributed by atoms with van der Waals surface area (Å²) in [5, 5.41) is 0. The number of benzene rings is 2. The highest BCUT2D eigenvalue weighted by molar-refractivity contribution is 5.82. The lowest BCUT2D eigenvalue weighted by atomic mass is 9.91. The molecule has 3 nitrogen and oxygen atoms in total. The van der Waals surface area contributed by atoms with Crippen LogP contribution in [0.4, 0.5) is 13.2 Å². The number of fused-ring (bicyclic) bond motifs is 1. The average molecular weight is 333 g/mol. The smallest absolute Gasteiger partial charge is 0.368 e. The zero-order valence-electron chi connectivity index (χ0n) is 12.8. The van der Waals surface area contributed by atoms with Crippen molar-refractivity contribution >= 4 is 5.91 Å². The van der Waals surface area contributed by atoms with Gasteiger partial charge in [0.25, 0.3) is 0 Å². The van der Waals surface area contributed by atoms with E-state index < -0.39 is 23.7 Å². The van der Waals surface area contributed by atoms with Crippen LogP contribution in [-0.4, -0.2) is 17.4 Å². The van der Waals surface area contributed by atoms with Crippen molar-refractivity contribution in [3.8, 4) is 0 Å². The minimum Gasteiger partial charge on any atom is -0.368 e. The Morgan fingerprint density at radius 3 is 2.83 bits per heavy atom. The van der Waals surface area contributed by atoms with Crippen molar-refractivity contribution in [2.75, 3.05) is 6.54 Å². The van der Waals surface area contributed by atoms with E-state index in [1.807, 2.05) is 11.0 Å². The van der Waals surface area contributed by atoms with Gasteiger partial charge in [-0.05, 0) is 35.2 Å². The number of nitrogens with two attached hydrogens (primary N) is 1. The molecule has 24 heavy (non-hydrogen) atoms. The van der Waals surface area contributed by atoms with Crippen molar-refractivity contribution in [2.45, 2.75) is 25.2 Å². The van der Waals surface area contributed by atoms with E-state index in [2.05, 4.69) is 6.07 Å². The molecule has 0 saturated heterocycles. The molecule has 0 fully saturated rings. The summed E-state index contributed by atoms with van der Waals surface area (Å²) in [6.07, 6.45) is -3.68. The van der Waals surface area contributed by atoms with Crippen LogP contribution >= 0.6 is 0 Å². The van der Waals surface area contributed by atoms with E-state index in [0.717, 1.165) is 23.3 Å². The van der Waals surface area contributed by atoms with E-state index in [0.29, 0.717) is 18.5 Å². The van der Waals surface area contributed by atoms with Gasteiger partial charge in [-0.25, -0.2) is 0 Å². The molecular weight excluding hydrogens is 317 g/mol. The second-order valence-corrected chi connectivity index (χ2v) is 5.85. The first-order chi connectivity index (χ1) is 11.4. The summed E-state index contributed by atoms with van der Waals surface area (Å²) in [5.41, 5.74) is 7.17. The molecule has 1 atom stereocenters. The number of nitrogens with zero attached hydrogens (tertiary/aromatic N) is 1. The third kappa shape index (κ3) is 3.28. The van der Waals surface area contributed by atoms with Crippen LogP contribution in [0.2, 0.25) is 0 Å². The number of amides is 1. The van der Waals surface area contributed by atoms with Crippen LogP contribution in [0.5, 0.6) is 0 Å². The first-order valence-corrected chi connectivity index (χ1v) is 7.54. The van der Waals surface area contributed by atoms with E-state index in [4.69, 9.17) is 5.73 Å². The Morgan fingerprint density at radius 2 is 2.12 bits per heavy atom. The Balaban J connectivity index is 1.89. The maximum Gasteiger partial charge on any atom is 0.416 e. The average Bonchev–Trinajstić information content (AvgIpc) is 2.53. The zero-order chi connectivity index (χ0) is 17.3. The molecule has 3 rings (SSSR count). The molecule has 125 valence electrons. The first kappa shape index (κ1) is 16.5. The van der Waals surface area contributed by atoms with Crippen molar-refractivity contribution in [2.24, 2.45) is 5.73 Å². The number of primary amides is 1. The molecule has 2 N–H and O–H groups in total. The topological polar surface area (TPSA) is 46.3 Å². The van der Waals surface area contributed by atoms with Crippen LogP contribution in [0, 0.1) is 6.07 Å². The number of rotatable bonds is 3. The maximum atomic E-state index is 12.9. The second-order valence-electron chi connectivity index (χ2n) is 5.85. The van der Waals surface area contributed by atoms with Gasteiger partial charge in [0.15, 0.2) is 0 Å². The summed E-state index contributed by atoms with van der Waals surface area (Å²) in [7, 11) is 0. The van der Waals surface area contributed by atoms with E-state index in [-0.39, 0.29) is 6.54 Å². The molecular formula is C18H16F3N2O. The molecule has 0 bridgehead atoms. The Hall–Kier alpha value is -2.34. The largest absolute Gasteiger partial charge is 0.416 e. The highest BCUT2D eigenvalue weighted by atomic mass is 19.4. The zero-order valence-corrected chi connectivity index (χ0v) is 12.8. The molecule has 1 unspecified atom stereocenters. The van der Waals surface area contributed by atoms with Crippen LogP contribution < -0.4 is 5.73 Å². The minimum absolute atomic E-state index is 0.232. The number of alkyl halides is 3. The molecule has 1 heterocycles. The lowest BCUT2D eigenvalue weighted by Gasteiger charge is -2.35. The molecule has 1 amide bonds. The number of hydrogen-bond acceptors (Lipinski definition) is 2. The standard InChI is InChI=1S/C18H16F3N2O/c19-18(20,21)14-6-3-4-12(10-14)11-23-9-8-13-5-1-2-7-15(13)16(23)17(22)24/h2-7,10,16H,8-9,11H2,(H2,22,24). The van der Waals surface area contributed by atoms with Crippen LogP contribution in [0.3, 0.4) is 0 Å². The molecule has 0 saturated carbocycles. The molecule has 1 aliphatic rings. The molecule has 2 aromatic rings. The van der Waals surface area contributed by atoms with Crippen molar-refractivity contribution < 1.29 is 18.0 Å². The van der Waals surface area contributed by atoms with E-state index >= 15 is 0 Å². The Kier molecular flexibility index (Phi) is 4.32. The van der Waals surface area contributed by atoms with Crippen molar-refractivity contribution in [3.05, 3.63) is 70.8 Å². The third-order valence-electron chi connectivity index (χ3n) is 4.23. The van der Waals surface area contributed by atoms with Gasteiger partial charge in [0, 0.05) is 13.1 Å². The van der Waals surface area contributed by atoms with Crippen LogP contribution in [0.1, 0.15) is 28.3 Å². The summed E-state index contributed by atoms with van der Waals surface area (Å²) < 4.78 is 38.6. The van der Waals surface area contributed by atoms with Crippen molar-refractivity contribution in [3.63, 3.8) is 0 Å². The summed E-state index contributed by atoms with van der Waals surface area (Å²) >= 11 is 0. The van der Waals surface area contributed by atoms with Gasteiger partial charge < -0.3 is 5.73 Å². The number of hydrogen-bond donors (Lipinski definition) is 1. The Bertz CT molecular complexity index is 758. The van der Waals surface area contributed by atoms with Gasteiger partial charge in [-0.3, -0.25) is 9.69 Å². The van der Waals surface area contributed by atoms with Gasteiger partial charge in [0.1, 0.15) is 6.04 Å². The van der Waals surface area contributed by atoms with E-state index in [1.165, 1.54) is 6.07 Å². The number of carbonyl (C=O) groups excluding carboxylic acids is 1. The molecule has 6 heteroatoms. The molecule has 1 radical (unpaired) electrons. The second kappa shape index (κ2) is 6.28. The van der Waals surface area contributed by atoms with E-state index in [1.54, 1.807) is 18.2 Å². The fourth-order valence-electron chi connectivity index (χ4n) is 3.13. The van der Waals surface area contributed by atoms with Gasteiger partial charge in [0.05, 0.1) is 5.56 Å². The third-order valence-corrected chi connectivity index (χ3v) is 4.23. The summed E-state index contributed by atoms with van der Waals surface area (Å²) in [5.74, 6) is -0.505. The fourth-order valence-corrected chi connectivity index (χ4v) is 3.13. The SMILES string of the molecule is NC(=O)C1c2cc[c]cc2CCN1Cc1cccc(C(F)(F)F)c1. The van der Waals surface area contributed by atoms with Crippen molar-refractivity contribution in [1.29, 1.82) is 0 Å². The van der Waals surface area contributed by atoms with Gasteiger partial charge in [-0.2, -0.15) is 13.2 Å². The molecule has 1 aliphatic heterocycles. The van der Waals surface area contributed by atoms with Gasteiger partial charge >= 0.3 is 6.18 Å². The predicted octanol–water partition coefficient (Wildman–Crippen LogP) is 3.09. The Labute approximate surface area is 137 Å². The minimum atomic E-state index is -4.39. The normalized spacial score (nSPS) is 18.2. The van der Waals surface area contributed by atoms with E-state index in [9.17, 15) is 18.0 Å². The molecule has 2 aromatic carbocycles. The van der Waals surface area contributed by atoms with Gasteiger partial charge in [-0.1, -0.05) is 36.4 Å². The van der Waals surface area contributed by atoms with Crippen LogP contribution in [0.25, 0.3) is 0 Å². The molecule has 0 aliphatic carbocycles. The monoisotopic (exact) mass is 333 g/mol. The predicted molar refractivity (Wildman–Crippen MR) is 82.8 cm³/mol.